The van der Waals surface area contributed by atoms with Gasteiger partial charge in [0.05, 0.1) is 18.0 Å². The van der Waals surface area contributed by atoms with E-state index in [0.29, 0.717) is 25.4 Å². The fourth-order valence-corrected chi connectivity index (χ4v) is 3.98. The summed E-state index contributed by atoms with van der Waals surface area (Å²) in [6.45, 7) is 9.44. The molecule has 4 heterocycles. The third kappa shape index (κ3) is 3.15. The first-order valence-electron chi connectivity index (χ1n) is 9.65. The van der Waals surface area contributed by atoms with Gasteiger partial charge in [-0.05, 0) is 32.1 Å². The van der Waals surface area contributed by atoms with Gasteiger partial charge in [-0.2, -0.15) is 0 Å². The second kappa shape index (κ2) is 6.85. The number of nitrogens with zero attached hydrogens (tertiary/aromatic N) is 5. The minimum Gasteiger partial charge on any atom is -0.382 e. The standard InChI is InChI=1S/C19H27N5O2/c1-12(2)15-10-17(26-22-15)19(25)24-9-6-14-16(11-24)20-13(3)21-18(14)23-7-4-5-8-23/h12,17H,4-11H2,1-3H3/t17-/m0/s1. The van der Waals surface area contributed by atoms with Crippen LogP contribution in [0, 0.1) is 12.8 Å². The van der Waals surface area contributed by atoms with Crippen molar-refractivity contribution in [2.75, 3.05) is 24.5 Å². The van der Waals surface area contributed by atoms with Crippen molar-refractivity contribution >= 4 is 17.4 Å². The lowest BCUT2D eigenvalue weighted by molar-refractivity contribution is -0.143. The van der Waals surface area contributed by atoms with E-state index < -0.39 is 6.10 Å². The Bertz CT molecular complexity index is 740. The number of aromatic nitrogens is 2. The molecule has 1 atom stereocenters. The highest BCUT2D eigenvalue weighted by Gasteiger charge is 2.35. The molecule has 140 valence electrons. The van der Waals surface area contributed by atoms with Gasteiger partial charge in [-0.25, -0.2) is 9.97 Å². The van der Waals surface area contributed by atoms with Crippen LogP contribution in [0.1, 0.15) is 50.2 Å². The van der Waals surface area contributed by atoms with Crippen LogP contribution in [0.15, 0.2) is 5.16 Å². The monoisotopic (exact) mass is 357 g/mol. The number of hydrogen-bond acceptors (Lipinski definition) is 6. The molecule has 0 aromatic carbocycles. The Kier molecular flexibility index (Phi) is 4.54. The molecule has 1 amide bonds. The van der Waals surface area contributed by atoms with Gasteiger partial charge in [-0.15, -0.1) is 0 Å². The molecule has 1 fully saturated rings. The van der Waals surface area contributed by atoms with Crippen LogP contribution in [0.4, 0.5) is 5.82 Å². The van der Waals surface area contributed by atoms with Gasteiger partial charge in [0.15, 0.2) is 0 Å². The lowest BCUT2D eigenvalue weighted by atomic mass is 10.0. The maximum Gasteiger partial charge on any atom is 0.267 e. The normalized spacial score (nSPS) is 22.5. The van der Waals surface area contributed by atoms with Gasteiger partial charge < -0.3 is 14.6 Å². The predicted molar refractivity (Wildman–Crippen MR) is 99.1 cm³/mol. The Morgan fingerprint density at radius 1 is 1.19 bits per heavy atom. The van der Waals surface area contributed by atoms with Gasteiger partial charge in [-0.3, -0.25) is 4.79 Å². The minimum atomic E-state index is -0.477. The first-order chi connectivity index (χ1) is 12.5. The molecule has 7 nitrogen and oxygen atoms in total. The van der Waals surface area contributed by atoms with Gasteiger partial charge in [0.25, 0.3) is 5.91 Å². The maximum absolute atomic E-state index is 12.9. The molecule has 1 aromatic rings. The van der Waals surface area contributed by atoms with Crippen molar-refractivity contribution in [3.8, 4) is 0 Å². The highest BCUT2D eigenvalue weighted by Crippen LogP contribution is 2.29. The average molecular weight is 357 g/mol. The van der Waals surface area contributed by atoms with E-state index in [1.54, 1.807) is 0 Å². The van der Waals surface area contributed by atoms with Crippen molar-refractivity contribution in [1.29, 1.82) is 0 Å². The van der Waals surface area contributed by atoms with Crippen LogP contribution >= 0.6 is 0 Å². The van der Waals surface area contributed by atoms with Crippen LogP contribution in [0.2, 0.25) is 0 Å². The summed E-state index contributed by atoms with van der Waals surface area (Å²) in [5, 5.41) is 4.09. The van der Waals surface area contributed by atoms with Crippen molar-refractivity contribution in [3.63, 3.8) is 0 Å². The second-order valence-corrected chi connectivity index (χ2v) is 7.76. The second-order valence-electron chi connectivity index (χ2n) is 7.76. The van der Waals surface area contributed by atoms with Gasteiger partial charge in [0.1, 0.15) is 11.6 Å². The molecule has 4 rings (SSSR count). The average Bonchev–Trinajstić information content (AvgIpc) is 3.31. The molecule has 0 radical (unpaired) electrons. The first-order valence-corrected chi connectivity index (χ1v) is 9.65. The van der Waals surface area contributed by atoms with Gasteiger partial charge in [-0.1, -0.05) is 19.0 Å². The van der Waals surface area contributed by atoms with E-state index in [9.17, 15) is 4.79 Å². The molecule has 0 aliphatic carbocycles. The molecule has 0 spiro atoms. The van der Waals surface area contributed by atoms with E-state index in [0.717, 1.165) is 42.6 Å². The van der Waals surface area contributed by atoms with Crippen molar-refractivity contribution in [2.45, 2.75) is 59.1 Å². The molecule has 0 saturated carbocycles. The Balaban J connectivity index is 1.50. The molecule has 7 heteroatoms. The third-order valence-corrected chi connectivity index (χ3v) is 5.51. The molecule has 0 bridgehead atoms. The van der Waals surface area contributed by atoms with Crippen LogP contribution in [-0.4, -0.2) is 52.2 Å². The Labute approximate surface area is 154 Å². The van der Waals surface area contributed by atoms with Crippen LogP contribution in [0.3, 0.4) is 0 Å². The minimum absolute atomic E-state index is 0.0223. The quantitative estimate of drug-likeness (QED) is 0.828. The summed E-state index contributed by atoms with van der Waals surface area (Å²) >= 11 is 0. The van der Waals surface area contributed by atoms with Gasteiger partial charge in [0.2, 0.25) is 6.10 Å². The highest BCUT2D eigenvalue weighted by atomic mass is 16.6. The molecule has 0 unspecified atom stereocenters. The molecule has 26 heavy (non-hydrogen) atoms. The summed E-state index contributed by atoms with van der Waals surface area (Å²) in [6.07, 6.45) is 3.37. The summed E-state index contributed by atoms with van der Waals surface area (Å²) in [6, 6.07) is 0. The highest BCUT2D eigenvalue weighted by molar-refractivity contribution is 5.93. The lowest BCUT2D eigenvalue weighted by Crippen LogP contribution is -2.43. The topological polar surface area (TPSA) is 70.9 Å². The number of hydrogen-bond donors (Lipinski definition) is 0. The largest absolute Gasteiger partial charge is 0.382 e. The first kappa shape index (κ1) is 17.2. The zero-order valence-electron chi connectivity index (χ0n) is 15.9. The van der Waals surface area contributed by atoms with Crippen molar-refractivity contribution in [1.82, 2.24) is 14.9 Å². The molecule has 1 saturated heterocycles. The molecule has 1 aromatic heterocycles. The zero-order chi connectivity index (χ0) is 18.3. The Morgan fingerprint density at radius 2 is 1.96 bits per heavy atom. The summed E-state index contributed by atoms with van der Waals surface area (Å²) in [7, 11) is 0. The number of rotatable bonds is 3. The lowest BCUT2D eigenvalue weighted by Gasteiger charge is -2.32. The number of oxime groups is 1. The number of amides is 1. The van der Waals surface area contributed by atoms with E-state index in [-0.39, 0.29) is 5.91 Å². The van der Waals surface area contributed by atoms with Crippen LogP contribution in [-0.2, 0) is 22.6 Å². The van der Waals surface area contributed by atoms with Crippen LogP contribution < -0.4 is 4.90 Å². The summed E-state index contributed by atoms with van der Waals surface area (Å²) < 4.78 is 0. The third-order valence-electron chi connectivity index (χ3n) is 5.51. The fourth-order valence-electron chi connectivity index (χ4n) is 3.98. The maximum atomic E-state index is 12.9. The summed E-state index contributed by atoms with van der Waals surface area (Å²) in [4.78, 5) is 31.9. The number of anilines is 1. The number of aryl methyl sites for hydroxylation is 1. The molecule has 3 aliphatic rings. The van der Waals surface area contributed by atoms with Gasteiger partial charge >= 0.3 is 0 Å². The van der Waals surface area contributed by atoms with E-state index in [1.165, 1.54) is 18.4 Å². The van der Waals surface area contributed by atoms with Crippen molar-refractivity contribution in [2.24, 2.45) is 11.1 Å². The van der Waals surface area contributed by atoms with Gasteiger partial charge in [0, 0.05) is 31.6 Å². The molecule has 0 N–H and O–H groups in total. The zero-order valence-corrected chi connectivity index (χ0v) is 15.9. The van der Waals surface area contributed by atoms with Crippen LogP contribution in [0.25, 0.3) is 0 Å². The molecular weight excluding hydrogens is 330 g/mol. The van der Waals surface area contributed by atoms with E-state index in [4.69, 9.17) is 9.82 Å². The Hall–Kier alpha value is -2.18. The van der Waals surface area contributed by atoms with Crippen molar-refractivity contribution in [3.05, 3.63) is 17.1 Å². The number of carbonyl (C=O) groups is 1. The predicted octanol–water partition coefficient (Wildman–Crippen LogP) is 2.07. The van der Waals surface area contributed by atoms with E-state index in [2.05, 4.69) is 28.9 Å². The summed E-state index contributed by atoms with van der Waals surface area (Å²) in [5.41, 5.74) is 3.17. The molecule has 3 aliphatic heterocycles. The van der Waals surface area contributed by atoms with Crippen molar-refractivity contribution < 1.29 is 9.63 Å². The fraction of sp³-hybridized carbons (Fsp3) is 0.684. The number of fused-ring (bicyclic) bond motifs is 1. The van der Waals surface area contributed by atoms with E-state index >= 15 is 0 Å². The smallest absolute Gasteiger partial charge is 0.267 e. The SMILES string of the molecule is Cc1nc2c(c(N3CCCC3)n1)CCN(C(=O)[C@@H]1CC(C(C)C)=NO1)C2. The van der Waals surface area contributed by atoms with E-state index in [1.807, 2.05) is 11.8 Å². The summed E-state index contributed by atoms with van der Waals surface area (Å²) in [5.74, 6) is 2.20. The number of carbonyl (C=O) groups excluding carboxylic acids is 1. The van der Waals surface area contributed by atoms with Crippen LogP contribution in [0.5, 0.6) is 0 Å². The molecular formula is C19H27N5O2. The Morgan fingerprint density at radius 3 is 2.65 bits per heavy atom.